The Labute approximate surface area is 233 Å². The first-order chi connectivity index (χ1) is 19.5. The van der Waals surface area contributed by atoms with Crippen molar-refractivity contribution in [3.63, 3.8) is 0 Å². The van der Waals surface area contributed by atoms with Crippen LogP contribution in [0, 0.1) is 23.7 Å². The third-order valence-corrected chi connectivity index (χ3v) is 8.34. The van der Waals surface area contributed by atoms with Crippen LogP contribution in [-0.2, 0) is 11.4 Å². The smallest absolute Gasteiger partial charge is 0.245 e. The van der Waals surface area contributed by atoms with Gasteiger partial charge in [0, 0.05) is 54.8 Å². The van der Waals surface area contributed by atoms with Crippen LogP contribution in [0.1, 0.15) is 36.1 Å². The number of nitriles is 1. The Balaban J connectivity index is 1.42. The first-order valence-electron chi connectivity index (χ1n) is 13.7. The van der Waals surface area contributed by atoms with E-state index < -0.39 is 0 Å². The van der Waals surface area contributed by atoms with E-state index in [9.17, 15) is 10.1 Å². The fourth-order valence-electron chi connectivity index (χ4n) is 6.37. The average molecular weight is 533 g/mol. The SMILES string of the molecule is C=CC(=O)N1CCCC2(CCN(c3cc(OCc4ccccn4)cc(-c4c(C)ccc5[nH]ncc45)c3C#N)C2)C1. The van der Waals surface area contributed by atoms with E-state index in [1.807, 2.05) is 47.5 Å². The van der Waals surface area contributed by atoms with Crippen molar-refractivity contribution in [3.05, 3.63) is 84.3 Å². The van der Waals surface area contributed by atoms with Crippen LogP contribution < -0.4 is 9.64 Å². The Bertz CT molecular complexity index is 1620. The van der Waals surface area contributed by atoms with Crippen molar-refractivity contribution < 1.29 is 9.53 Å². The molecule has 8 heteroatoms. The summed E-state index contributed by atoms with van der Waals surface area (Å²) in [5, 5.41) is 18.9. The third kappa shape index (κ3) is 4.68. The first-order valence-corrected chi connectivity index (χ1v) is 13.7. The zero-order chi connectivity index (χ0) is 27.7. The van der Waals surface area contributed by atoms with Gasteiger partial charge in [0.2, 0.25) is 5.91 Å². The number of hydrogen-bond acceptors (Lipinski definition) is 6. The minimum Gasteiger partial charge on any atom is -0.487 e. The van der Waals surface area contributed by atoms with Gasteiger partial charge in [-0.1, -0.05) is 18.7 Å². The number of pyridine rings is 1. The van der Waals surface area contributed by atoms with Crippen LogP contribution in [0.2, 0.25) is 0 Å². The van der Waals surface area contributed by atoms with Crippen molar-refractivity contribution in [2.24, 2.45) is 5.41 Å². The van der Waals surface area contributed by atoms with Crippen LogP contribution in [0.5, 0.6) is 5.75 Å². The molecule has 202 valence electrons. The minimum atomic E-state index is -0.00822. The van der Waals surface area contributed by atoms with Crippen molar-refractivity contribution >= 4 is 22.5 Å². The lowest BCUT2D eigenvalue weighted by Gasteiger charge is -2.40. The Hall–Kier alpha value is -4.64. The van der Waals surface area contributed by atoms with Crippen molar-refractivity contribution in [1.29, 1.82) is 5.26 Å². The van der Waals surface area contributed by atoms with E-state index in [2.05, 4.69) is 45.7 Å². The highest BCUT2D eigenvalue weighted by molar-refractivity contribution is 5.99. The molecule has 0 bridgehead atoms. The van der Waals surface area contributed by atoms with Gasteiger partial charge in [-0.15, -0.1) is 0 Å². The fourth-order valence-corrected chi connectivity index (χ4v) is 6.37. The number of aromatic amines is 1. The van der Waals surface area contributed by atoms with E-state index in [0.717, 1.165) is 77.9 Å². The van der Waals surface area contributed by atoms with Crippen molar-refractivity contribution in [3.8, 4) is 22.9 Å². The molecule has 0 radical (unpaired) electrons. The van der Waals surface area contributed by atoms with E-state index in [1.165, 1.54) is 6.08 Å². The second-order valence-electron chi connectivity index (χ2n) is 10.9. The van der Waals surface area contributed by atoms with Crippen LogP contribution in [0.25, 0.3) is 22.0 Å². The van der Waals surface area contributed by atoms with Crippen molar-refractivity contribution in [2.75, 3.05) is 31.1 Å². The van der Waals surface area contributed by atoms with Crippen LogP contribution >= 0.6 is 0 Å². The van der Waals surface area contributed by atoms with Gasteiger partial charge in [-0.25, -0.2) is 0 Å². The van der Waals surface area contributed by atoms with E-state index >= 15 is 0 Å². The molecule has 2 aliphatic rings. The number of amides is 1. The topological polar surface area (TPSA) is 98.1 Å². The van der Waals surface area contributed by atoms with E-state index in [1.54, 1.807) is 6.20 Å². The van der Waals surface area contributed by atoms with Gasteiger partial charge >= 0.3 is 0 Å². The monoisotopic (exact) mass is 532 g/mol. The number of nitrogens with one attached hydrogen (secondary N) is 1. The molecule has 1 amide bonds. The van der Waals surface area contributed by atoms with Gasteiger partial charge in [0.05, 0.1) is 28.7 Å². The number of H-pyrrole nitrogens is 1. The standard InChI is InChI=1S/C32H32N6O2/c1-3-30(39)38-13-6-10-32(21-38)11-14-37(20-32)29-16-24(40-19-23-7-4-5-12-34-23)15-25(26(29)17-33)31-22(2)8-9-28-27(31)18-35-36-28/h3-5,7-9,12,15-16,18H,1,6,10-11,13-14,19-21H2,2H3,(H,35,36). The molecule has 2 saturated heterocycles. The molecule has 2 aliphatic heterocycles. The summed E-state index contributed by atoms with van der Waals surface area (Å²) in [6.45, 7) is 9.14. The molecule has 0 saturated carbocycles. The average Bonchev–Trinajstić information content (AvgIpc) is 3.63. The normalized spacial score (nSPS) is 18.7. The maximum Gasteiger partial charge on any atom is 0.245 e. The number of fused-ring (bicyclic) bond motifs is 1. The number of aromatic nitrogens is 3. The maximum absolute atomic E-state index is 12.4. The highest BCUT2D eigenvalue weighted by atomic mass is 16.5. The maximum atomic E-state index is 12.4. The summed E-state index contributed by atoms with van der Waals surface area (Å²) in [5.74, 6) is 0.675. The first kappa shape index (κ1) is 25.6. The molecule has 1 atom stereocenters. The number of benzene rings is 2. The van der Waals surface area contributed by atoms with Crippen LogP contribution in [-0.4, -0.2) is 52.2 Å². The zero-order valence-corrected chi connectivity index (χ0v) is 22.7. The molecular weight excluding hydrogens is 500 g/mol. The Morgan fingerprint density at radius 1 is 1.23 bits per heavy atom. The molecule has 2 aromatic heterocycles. The Morgan fingerprint density at radius 3 is 2.92 bits per heavy atom. The molecule has 1 spiro atoms. The lowest BCUT2D eigenvalue weighted by Crippen LogP contribution is -2.46. The van der Waals surface area contributed by atoms with E-state index in [4.69, 9.17) is 4.74 Å². The molecule has 4 aromatic rings. The number of rotatable bonds is 6. The van der Waals surface area contributed by atoms with Gasteiger partial charge in [-0.05, 0) is 67.7 Å². The number of aryl methyl sites for hydroxylation is 1. The number of ether oxygens (including phenoxy) is 1. The van der Waals surface area contributed by atoms with Gasteiger partial charge in [0.15, 0.2) is 0 Å². The second-order valence-corrected chi connectivity index (χ2v) is 10.9. The highest BCUT2D eigenvalue weighted by Gasteiger charge is 2.43. The molecule has 1 N–H and O–H groups in total. The van der Waals surface area contributed by atoms with Crippen LogP contribution in [0.4, 0.5) is 5.69 Å². The number of carbonyl (C=O) groups is 1. The van der Waals surface area contributed by atoms with Crippen molar-refractivity contribution in [2.45, 2.75) is 32.8 Å². The molecule has 6 rings (SSSR count). The Morgan fingerprint density at radius 2 is 2.12 bits per heavy atom. The molecule has 40 heavy (non-hydrogen) atoms. The number of anilines is 1. The Kier molecular flexibility index (Phi) is 6.72. The third-order valence-electron chi connectivity index (χ3n) is 8.34. The molecule has 2 fully saturated rings. The molecule has 1 unspecified atom stereocenters. The molecular formula is C32H32N6O2. The quantitative estimate of drug-likeness (QED) is 0.335. The fraction of sp³-hybridized carbons (Fsp3) is 0.312. The van der Waals surface area contributed by atoms with Crippen LogP contribution in [0.3, 0.4) is 0 Å². The minimum absolute atomic E-state index is 0.00484. The predicted octanol–water partition coefficient (Wildman–Crippen LogP) is 5.39. The van der Waals surface area contributed by atoms with Crippen LogP contribution in [0.15, 0.2) is 67.5 Å². The highest BCUT2D eigenvalue weighted by Crippen LogP contribution is 2.45. The number of hydrogen-bond donors (Lipinski definition) is 1. The number of carbonyl (C=O) groups excluding carboxylic acids is 1. The summed E-state index contributed by atoms with van der Waals surface area (Å²) in [6.07, 6.45) is 7.97. The van der Waals surface area contributed by atoms with Gasteiger partial charge < -0.3 is 14.5 Å². The zero-order valence-electron chi connectivity index (χ0n) is 22.7. The van der Waals surface area contributed by atoms with Crippen molar-refractivity contribution in [1.82, 2.24) is 20.1 Å². The van der Waals surface area contributed by atoms with Gasteiger partial charge in [-0.2, -0.15) is 10.4 Å². The molecule has 8 nitrogen and oxygen atoms in total. The number of nitrogens with zero attached hydrogens (tertiary/aromatic N) is 5. The van der Waals surface area contributed by atoms with E-state index in [-0.39, 0.29) is 11.3 Å². The molecule has 4 heterocycles. The summed E-state index contributed by atoms with van der Waals surface area (Å²) in [6, 6.07) is 16.3. The summed E-state index contributed by atoms with van der Waals surface area (Å²) >= 11 is 0. The molecule has 2 aromatic carbocycles. The predicted molar refractivity (Wildman–Crippen MR) is 155 cm³/mol. The lowest BCUT2D eigenvalue weighted by molar-refractivity contribution is -0.129. The molecule has 0 aliphatic carbocycles. The lowest BCUT2D eigenvalue weighted by atomic mass is 9.79. The summed E-state index contributed by atoms with van der Waals surface area (Å²) in [7, 11) is 0. The summed E-state index contributed by atoms with van der Waals surface area (Å²) in [5.41, 5.74) is 6.08. The van der Waals surface area contributed by atoms with E-state index in [0.29, 0.717) is 24.5 Å². The second kappa shape index (κ2) is 10.5. The van der Waals surface area contributed by atoms with Gasteiger partial charge in [0.1, 0.15) is 18.4 Å². The largest absolute Gasteiger partial charge is 0.487 e. The number of likely N-dealkylation sites (tertiary alicyclic amines) is 1. The summed E-state index contributed by atoms with van der Waals surface area (Å²) < 4.78 is 6.30. The van der Waals surface area contributed by atoms with Gasteiger partial charge in [0.25, 0.3) is 0 Å². The number of piperidine rings is 1. The van der Waals surface area contributed by atoms with Gasteiger partial charge in [-0.3, -0.25) is 14.9 Å². The summed E-state index contributed by atoms with van der Waals surface area (Å²) in [4.78, 5) is 21.1.